The monoisotopic (exact) mass is 539 g/mol. The Labute approximate surface area is 231 Å². The lowest BCUT2D eigenvalue weighted by atomic mass is 9.79. The number of halogens is 2. The minimum absolute atomic E-state index is 0.0121. The molecule has 5 nitrogen and oxygen atoms in total. The average Bonchev–Trinajstić information content (AvgIpc) is 3.32. The van der Waals surface area contributed by atoms with Crippen LogP contribution in [0, 0.1) is 5.82 Å². The number of carbonyl (C=O) groups excluding carboxylic acids is 2. The van der Waals surface area contributed by atoms with Gasteiger partial charge in [-0.3, -0.25) is 9.59 Å². The van der Waals surface area contributed by atoms with E-state index in [1.165, 1.54) is 16.8 Å². The second-order valence-electron chi connectivity index (χ2n) is 10.1. The van der Waals surface area contributed by atoms with E-state index < -0.39 is 0 Å². The van der Waals surface area contributed by atoms with E-state index in [0.717, 1.165) is 11.1 Å². The molecule has 0 aliphatic heterocycles. The fourth-order valence-corrected chi connectivity index (χ4v) is 5.00. The third-order valence-corrected chi connectivity index (χ3v) is 7.27. The Hall–Kier alpha value is -4.29. The molecule has 0 aliphatic carbocycles. The lowest BCUT2D eigenvalue weighted by molar-refractivity contribution is 0.0949. The van der Waals surface area contributed by atoms with E-state index in [4.69, 9.17) is 11.6 Å². The predicted molar refractivity (Wildman–Crippen MR) is 153 cm³/mol. The van der Waals surface area contributed by atoms with Crippen LogP contribution in [0.25, 0.3) is 27.7 Å². The zero-order chi connectivity index (χ0) is 27.7. The summed E-state index contributed by atoms with van der Waals surface area (Å²) in [4.78, 5) is 26.3. The van der Waals surface area contributed by atoms with Gasteiger partial charge in [0.05, 0.1) is 11.2 Å². The molecule has 0 atom stereocenters. The van der Waals surface area contributed by atoms with Crippen molar-refractivity contribution in [3.05, 3.63) is 119 Å². The zero-order valence-electron chi connectivity index (χ0n) is 21.8. The van der Waals surface area contributed by atoms with E-state index >= 15 is 0 Å². The molecule has 1 amide bonds. The number of hydrogen-bond acceptors (Lipinski definition) is 3. The molecule has 4 aromatic carbocycles. The summed E-state index contributed by atoms with van der Waals surface area (Å²) in [5.74, 6) is -0.703. The number of hydrogen-bond donors (Lipinski definition) is 1. The molecule has 1 N–H and O–H groups in total. The SMILES string of the molecule is CNC(=O)c1c2cc(-c3cc(C(=O)CC(C)(C)c4ccccc4)ccc3Cl)ccc2nn1-c1ccc(F)cc1. The second-order valence-corrected chi connectivity index (χ2v) is 10.5. The number of Topliss-reactive ketones (excluding diaryl/α,β-unsaturated/α-hetero) is 1. The van der Waals surface area contributed by atoms with Crippen LogP contribution in [0.2, 0.25) is 5.02 Å². The predicted octanol–water partition coefficient (Wildman–Crippen LogP) is 7.40. The number of amides is 1. The molecule has 5 rings (SSSR count). The van der Waals surface area contributed by atoms with E-state index in [9.17, 15) is 14.0 Å². The van der Waals surface area contributed by atoms with Gasteiger partial charge in [-0.25, -0.2) is 9.07 Å². The van der Waals surface area contributed by atoms with Crippen LogP contribution < -0.4 is 5.32 Å². The number of rotatable bonds is 7. The molecular weight excluding hydrogens is 513 g/mol. The maximum absolute atomic E-state index is 13.5. The molecule has 0 aliphatic rings. The number of nitrogens with zero attached hydrogens (tertiary/aromatic N) is 2. The lowest BCUT2D eigenvalue weighted by Crippen LogP contribution is -2.22. The molecule has 0 bridgehead atoms. The highest BCUT2D eigenvalue weighted by atomic mass is 35.5. The minimum Gasteiger partial charge on any atom is -0.354 e. The summed E-state index contributed by atoms with van der Waals surface area (Å²) in [6.45, 7) is 4.12. The van der Waals surface area contributed by atoms with Gasteiger partial charge in [0, 0.05) is 35.0 Å². The maximum Gasteiger partial charge on any atom is 0.270 e. The van der Waals surface area contributed by atoms with Crippen LogP contribution in [0.1, 0.15) is 46.7 Å². The first-order valence-electron chi connectivity index (χ1n) is 12.6. The Morgan fingerprint density at radius 2 is 1.67 bits per heavy atom. The van der Waals surface area contributed by atoms with Crippen molar-refractivity contribution in [1.29, 1.82) is 0 Å². The van der Waals surface area contributed by atoms with Crippen LogP contribution in [-0.2, 0) is 5.41 Å². The van der Waals surface area contributed by atoms with Crippen LogP contribution in [0.3, 0.4) is 0 Å². The highest BCUT2D eigenvalue weighted by Gasteiger charge is 2.25. The summed E-state index contributed by atoms with van der Waals surface area (Å²) in [6.07, 6.45) is 0.336. The van der Waals surface area contributed by atoms with Crippen LogP contribution in [0.4, 0.5) is 4.39 Å². The van der Waals surface area contributed by atoms with E-state index in [1.807, 2.05) is 42.5 Å². The summed E-state index contributed by atoms with van der Waals surface area (Å²) in [7, 11) is 1.54. The molecule has 0 radical (unpaired) electrons. The van der Waals surface area contributed by atoms with Gasteiger partial charge in [-0.05, 0) is 71.1 Å². The van der Waals surface area contributed by atoms with Crippen molar-refractivity contribution in [2.45, 2.75) is 25.7 Å². The van der Waals surface area contributed by atoms with E-state index in [2.05, 4.69) is 24.3 Å². The summed E-state index contributed by atoms with van der Waals surface area (Å²) in [5.41, 5.74) is 4.20. The largest absolute Gasteiger partial charge is 0.354 e. The Balaban J connectivity index is 1.55. The molecule has 196 valence electrons. The van der Waals surface area contributed by atoms with Gasteiger partial charge < -0.3 is 5.32 Å². The number of fused-ring (bicyclic) bond motifs is 1. The third kappa shape index (κ3) is 5.20. The molecule has 0 saturated carbocycles. The highest BCUT2D eigenvalue weighted by Crippen LogP contribution is 2.34. The summed E-state index contributed by atoms with van der Waals surface area (Å²) >= 11 is 6.61. The van der Waals surface area contributed by atoms with E-state index in [1.54, 1.807) is 43.4 Å². The summed E-state index contributed by atoms with van der Waals surface area (Å²) in [5, 5.41) is 8.36. The van der Waals surface area contributed by atoms with Gasteiger partial charge in [-0.1, -0.05) is 61.8 Å². The van der Waals surface area contributed by atoms with Gasteiger partial charge in [-0.2, -0.15) is 5.10 Å². The van der Waals surface area contributed by atoms with Crippen molar-refractivity contribution >= 4 is 34.2 Å². The number of carbonyl (C=O) groups is 2. The number of ketones is 1. The van der Waals surface area contributed by atoms with Crippen molar-refractivity contribution in [3.8, 4) is 16.8 Å². The normalized spacial score (nSPS) is 11.5. The second kappa shape index (κ2) is 10.5. The lowest BCUT2D eigenvalue weighted by Gasteiger charge is -2.24. The van der Waals surface area contributed by atoms with Crippen molar-refractivity contribution in [2.75, 3.05) is 7.05 Å². The topological polar surface area (TPSA) is 64.0 Å². The molecule has 0 spiro atoms. The van der Waals surface area contributed by atoms with Gasteiger partial charge in [0.15, 0.2) is 5.78 Å². The van der Waals surface area contributed by atoms with Gasteiger partial charge in [0.2, 0.25) is 0 Å². The Morgan fingerprint density at radius 3 is 2.36 bits per heavy atom. The van der Waals surface area contributed by atoms with Gasteiger partial charge >= 0.3 is 0 Å². The average molecular weight is 540 g/mol. The number of aromatic nitrogens is 2. The third-order valence-electron chi connectivity index (χ3n) is 6.94. The Bertz CT molecular complexity index is 1690. The van der Waals surface area contributed by atoms with Crippen LogP contribution >= 0.6 is 11.6 Å². The van der Waals surface area contributed by atoms with Crippen LogP contribution in [0.15, 0.2) is 91.0 Å². The van der Waals surface area contributed by atoms with Crippen molar-refractivity contribution < 1.29 is 14.0 Å². The van der Waals surface area contributed by atoms with Gasteiger partial charge in [0.25, 0.3) is 5.91 Å². The van der Waals surface area contributed by atoms with Gasteiger partial charge in [0.1, 0.15) is 11.5 Å². The molecule has 5 aromatic rings. The van der Waals surface area contributed by atoms with Gasteiger partial charge in [-0.15, -0.1) is 0 Å². The number of benzene rings is 4. The Kier molecular flexibility index (Phi) is 7.06. The summed E-state index contributed by atoms with van der Waals surface area (Å²) in [6, 6.07) is 26.5. The van der Waals surface area contributed by atoms with Crippen molar-refractivity contribution in [3.63, 3.8) is 0 Å². The van der Waals surface area contributed by atoms with Crippen LogP contribution in [-0.4, -0.2) is 28.5 Å². The molecule has 1 heterocycles. The zero-order valence-corrected chi connectivity index (χ0v) is 22.6. The van der Waals surface area contributed by atoms with E-state index in [-0.39, 0.29) is 22.9 Å². The first kappa shape index (κ1) is 26.3. The molecule has 0 unspecified atom stereocenters. The first-order chi connectivity index (χ1) is 18.7. The first-order valence-corrected chi connectivity index (χ1v) is 13.0. The highest BCUT2D eigenvalue weighted by molar-refractivity contribution is 6.33. The van der Waals surface area contributed by atoms with Crippen LogP contribution in [0.5, 0.6) is 0 Å². The smallest absolute Gasteiger partial charge is 0.270 e. The fourth-order valence-electron chi connectivity index (χ4n) is 4.77. The fraction of sp³-hybridized carbons (Fsp3) is 0.156. The quantitative estimate of drug-likeness (QED) is 0.219. The standard InChI is InChI=1S/C32H27ClFN3O2/c1-32(2,22-7-5-4-6-8-22)19-29(38)21-9-15-27(33)25(18-21)20-10-16-28-26(17-20)30(31(39)35-3)37(36-28)24-13-11-23(34)12-14-24/h4-18H,19H2,1-3H3,(H,35,39). The number of nitrogens with one attached hydrogen (secondary N) is 1. The molecule has 0 saturated heterocycles. The summed E-state index contributed by atoms with van der Waals surface area (Å²) < 4.78 is 15.0. The molecule has 39 heavy (non-hydrogen) atoms. The molecule has 7 heteroatoms. The minimum atomic E-state index is -0.379. The van der Waals surface area contributed by atoms with Crippen molar-refractivity contribution in [2.24, 2.45) is 0 Å². The molecule has 0 fully saturated rings. The molecular formula is C32H27ClFN3O2. The van der Waals surface area contributed by atoms with Crippen molar-refractivity contribution in [1.82, 2.24) is 15.1 Å². The molecule has 1 aromatic heterocycles. The van der Waals surface area contributed by atoms with E-state index in [0.29, 0.717) is 44.9 Å². The maximum atomic E-state index is 13.5. The Morgan fingerprint density at radius 1 is 0.949 bits per heavy atom.